The number of aliphatic imine (C=N–C) groups is 2. The van der Waals surface area contributed by atoms with E-state index in [9.17, 15) is 47.9 Å². The summed E-state index contributed by atoms with van der Waals surface area (Å²) in [6, 6.07) is 36.8. The number of hydrogen-bond donors (Lipinski definition) is 6. The summed E-state index contributed by atoms with van der Waals surface area (Å²) < 4.78 is 3.28. The number of para-hydroxylation sites is 4. The summed E-state index contributed by atoms with van der Waals surface area (Å²) in [6.07, 6.45) is 1.46. The Hall–Kier alpha value is -9.61. The number of hydroxylamine groups is 4. The van der Waals surface area contributed by atoms with Crippen molar-refractivity contribution in [3.63, 3.8) is 0 Å². The molecule has 4 aliphatic heterocycles. The normalized spacial score (nSPS) is 14.5. The third-order valence-corrected chi connectivity index (χ3v) is 15.6. The molecule has 10 N–H and O–H groups in total. The van der Waals surface area contributed by atoms with Crippen LogP contribution in [0.25, 0.3) is 11.0 Å². The number of nitrogens with two attached hydrogens (primary N) is 2. The fraction of sp³-hybridized carbons (Fsp3) is 0.197. The molecule has 0 saturated carbocycles. The Kier molecular flexibility index (Phi) is 23.7. The molecule has 11 rings (SSSR count). The molecule has 0 spiro atoms. The van der Waals surface area contributed by atoms with Gasteiger partial charge in [-0.25, -0.2) is 19.4 Å². The molecule has 1 aromatic heterocycles. The average Bonchev–Trinajstić information content (AvgIpc) is 2.94. The highest BCUT2D eigenvalue weighted by Crippen LogP contribution is 2.31. The Morgan fingerprint density at radius 2 is 0.989 bits per heavy atom. The van der Waals surface area contributed by atoms with E-state index in [1.54, 1.807) is 12.1 Å². The first-order chi connectivity index (χ1) is 42.0. The SMILES string of the molecule is CCN1C(=NC(=O)c2ccc(Br)c(C(=O)ON3C(=O)CCC3=O)c2)Cc2ccccc21.CCN1C(=NC(=O)c2ccc(Br)c(C(N)=O)c2)Cc2ccccc21.CCn1c(N)nc2ccccc21.N.O=C(O)c1ccc(Br)c(C(=O)O)c1.O=C1CCC(=O)N1O. The van der Waals surface area contributed by atoms with Gasteiger partial charge in [-0.1, -0.05) is 48.5 Å². The number of carbonyl (C=O) groups excluding carboxylic acids is 8. The number of likely N-dealkylation sites (N-methyl/N-ethyl adjacent to an activating group) is 2. The molecule has 0 bridgehead atoms. The fourth-order valence-electron chi connectivity index (χ4n) is 9.19. The number of carboxylic acid groups (broad SMARTS) is 2. The summed E-state index contributed by atoms with van der Waals surface area (Å²) in [4.78, 5) is 136. The number of amidine groups is 2. The zero-order chi connectivity index (χ0) is 64.1. The number of halogens is 3. The minimum absolute atomic E-state index is 0. The number of anilines is 3. The quantitative estimate of drug-likeness (QED) is 0.0548. The highest BCUT2D eigenvalue weighted by atomic mass is 79.9. The number of nitrogen functional groups attached to an aromatic ring is 1. The average molecular weight is 1410 g/mol. The lowest BCUT2D eigenvalue weighted by molar-refractivity contribution is -0.173. The van der Waals surface area contributed by atoms with Crippen molar-refractivity contribution in [2.75, 3.05) is 28.6 Å². The molecule has 0 aliphatic carbocycles. The fourth-order valence-corrected chi connectivity index (χ4v) is 10.5. The van der Waals surface area contributed by atoms with Crippen LogP contribution in [0.5, 0.6) is 0 Å². The molecule has 28 heteroatoms. The Bertz CT molecular complexity index is 3990. The molecule has 7 aromatic rings. The number of aryl methyl sites for hydroxylation is 1. The van der Waals surface area contributed by atoms with Gasteiger partial charge in [-0.3, -0.25) is 38.8 Å². The van der Waals surface area contributed by atoms with Gasteiger partial charge in [0.1, 0.15) is 11.7 Å². The second-order valence-corrected chi connectivity index (χ2v) is 21.7. The number of benzene rings is 6. The van der Waals surface area contributed by atoms with Crippen LogP contribution in [0.1, 0.15) is 120 Å². The standard InChI is InChI=1S/C22H18BrN3O5.C18H16BrN3O2.C9H11N3.C8H5BrO4.C4H5NO3.H3N/c1-2-25-17-6-4-3-5-13(17)12-18(25)24-21(29)14-7-8-16(23)15(11-14)22(30)31-26-19(27)9-10-20(26)28;1-2-22-15-6-4-3-5-11(15)10-16(22)21-18(24)12-7-8-14(19)13(9-12)17(20)23;1-2-12-8-6-4-3-5-7(8)11-9(12)10;9-6-2-1-4(7(10)11)3-5(6)8(12)13;6-3-1-2-4(7)5(3)8;/h3-8,11H,2,9-10,12H2,1H3;3-9H,2,10H2,1H3,(H2,20,23);3-6H,2H2,1H3,(H2,10,11);1-3H,(H,10,11)(H,12,13);8H,1-2H2;1H3. The molecule has 462 valence electrons. The molecular weight excluding hydrogens is 1350 g/mol. The van der Waals surface area contributed by atoms with E-state index in [4.69, 9.17) is 31.7 Å². The summed E-state index contributed by atoms with van der Waals surface area (Å²) in [5.41, 5.74) is 18.2. The van der Waals surface area contributed by atoms with E-state index in [0.29, 0.717) is 61.1 Å². The van der Waals surface area contributed by atoms with Gasteiger partial charge in [0, 0.05) is 94.1 Å². The summed E-state index contributed by atoms with van der Waals surface area (Å²) in [5, 5.41) is 26.3. The molecule has 2 fully saturated rings. The predicted octanol–water partition coefficient (Wildman–Crippen LogP) is 9.63. The van der Waals surface area contributed by atoms with Crippen LogP contribution in [-0.2, 0) is 43.4 Å². The van der Waals surface area contributed by atoms with Crippen molar-refractivity contribution in [1.29, 1.82) is 0 Å². The van der Waals surface area contributed by atoms with Gasteiger partial charge in [-0.2, -0.15) is 15.0 Å². The van der Waals surface area contributed by atoms with Gasteiger partial charge in [0.05, 0.1) is 33.3 Å². The van der Waals surface area contributed by atoms with E-state index in [-0.39, 0.29) is 70.6 Å². The van der Waals surface area contributed by atoms with Crippen molar-refractivity contribution in [3.05, 3.63) is 185 Å². The lowest BCUT2D eigenvalue weighted by Gasteiger charge is -2.17. The van der Waals surface area contributed by atoms with Crippen molar-refractivity contribution in [1.82, 2.24) is 25.8 Å². The number of hydrogen-bond acceptors (Lipinski definition) is 15. The predicted molar refractivity (Wildman–Crippen MR) is 339 cm³/mol. The maximum absolute atomic E-state index is 12.8. The van der Waals surface area contributed by atoms with Crippen molar-refractivity contribution < 1.29 is 68.2 Å². The highest BCUT2D eigenvalue weighted by Gasteiger charge is 2.34. The molecule has 2 saturated heterocycles. The van der Waals surface area contributed by atoms with E-state index >= 15 is 0 Å². The van der Waals surface area contributed by atoms with Gasteiger partial charge >= 0.3 is 17.9 Å². The number of primary amides is 1. The Labute approximate surface area is 533 Å². The maximum Gasteiger partial charge on any atom is 0.365 e. The molecular formula is C61H58Br3N11O14. The molecule has 6 aromatic carbocycles. The van der Waals surface area contributed by atoms with E-state index in [2.05, 4.69) is 69.7 Å². The van der Waals surface area contributed by atoms with Gasteiger partial charge in [-0.15, -0.1) is 5.06 Å². The van der Waals surface area contributed by atoms with E-state index in [0.717, 1.165) is 52.7 Å². The summed E-state index contributed by atoms with van der Waals surface area (Å²) in [7, 11) is 0. The molecule has 0 unspecified atom stereocenters. The largest absolute Gasteiger partial charge is 0.478 e. The summed E-state index contributed by atoms with van der Waals surface area (Å²) in [6.45, 7) is 8.33. The molecule has 0 atom stereocenters. The van der Waals surface area contributed by atoms with Crippen LogP contribution in [0, 0.1) is 0 Å². The molecule has 0 radical (unpaired) electrons. The number of carboxylic acids is 2. The number of aromatic carboxylic acids is 2. The number of rotatable bonds is 10. The second-order valence-electron chi connectivity index (χ2n) is 19.1. The minimum Gasteiger partial charge on any atom is -0.478 e. The van der Waals surface area contributed by atoms with Crippen LogP contribution in [0.15, 0.2) is 151 Å². The number of amides is 7. The van der Waals surface area contributed by atoms with Crippen LogP contribution in [0.3, 0.4) is 0 Å². The molecule has 25 nitrogen and oxygen atoms in total. The van der Waals surface area contributed by atoms with Crippen LogP contribution in [0.2, 0.25) is 0 Å². The molecule has 5 heterocycles. The number of imide groups is 2. The zero-order valence-corrected chi connectivity index (χ0v) is 52.7. The first-order valence-corrected chi connectivity index (χ1v) is 29.3. The summed E-state index contributed by atoms with van der Waals surface area (Å²) in [5.74, 6) is -4.91. The van der Waals surface area contributed by atoms with Crippen LogP contribution >= 0.6 is 47.8 Å². The van der Waals surface area contributed by atoms with Crippen molar-refractivity contribution in [2.24, 2.45) is 15.7 Å². The summed E-state index contributed by atoms with van der Waals surface area (Å²) >= 11 is 9.50. The number of imidazole rings is 1. The number of aromatic nitrogens is 2. The first-order valence-electron chi connectivity index (χ1n) is 26.9. The monoisotopic (exact) mass is 1410 g/mol. The third kappa shape index (κ3) is 16.5. The second kappa shape index (κ2) is 30.8. The van der Waals surface area contributed by atoms with E-state index in [1.165, 1.54) is 36.4 Å². The molecule has 4 aliphatic rings. The number of fused-ring (bicyclic) bond motifs is 3. The topological polar surface area (TPSA) is 383 Å². The van der Waals surface area contributed by atoms with Gasteiger partial charge in [0.15, 0.2) is 0 Å². The van der Waals surface area contributed by atoms with Gasteiger partial charge < -0.3 is 47.0 Å². The smallest absolute Gasteiger partial charge is 0.365 e. The van der Waals surface area contributed by atoms with Gasteiger partial charge in [0.2, 0.25) is 11.9 Å². The minimum atomic E-state index is -1.16. The lowest BCUT2D eigenvalue weighted by atomic mass is 10.1. The van der Waals surface area contributed by atoms with Crippen LogP contribution < -0.4 is 27.4 Å². The maximum atomic E-state index is 12.8. The highest BCUT2D eigenvalue weighted by molar-refractivity contribution is 9.11. The number of nitrogens with zero attached hydrogens (tertiary/aromatic N) is 8. The first kappa shape index (κ1) is 68.5. The molecule has 89 heavy (non-hydrogen) atoms. The lowest BCUT2D eigenvalue weighted by Crippen LogP contribution is -2.32. The van der Waals surface area contributed by atoms with E-state index < -0.39 is 53.4 Å². The Balaban J connectivity index is 0.000000191. The molecule has 7 amide bonds. The van der Waals surface area contributed by atoms with Gasteiger partial charge in [-0.05, 0) is 159 Å². The Morgan fingerprint density at radius 1 is 0.562 bits per heavy atom. The zero-order valence-electron chi connectivity index (χ0n) is 47.9. The van der Waals surface area contributed by atoms with Crippen LogP contribution in [-0.4, -0.2) is 119 Å². The van der Waals surface area contributed by atoms with E-state index in [1.807, 2.05) is 101 Å². The van der Waals surface area contributed by atoms with Crippen molar-refractivity contribution in [3.8, 4) is 0 Å². The number of carbonyl (C=O) groups is 10. The van der Waals surface area contributed by atoms with Crippen molar-refractivity contribution >= 4 is 147 Å². The van der Waals surface area contributed by atoms with Crippen molar-refractivity contribution in [2.45, 2.75) is 65.8 Å². The Morgan fingerprint density at radius 3 is 1.44 bits per heavy atom. The van der Waals surface area contributed by atoms with Gasteiger partial charge in [0.25, 0.3) is 35.4 Å². The third-order valence-electron chi connectivity index (χ3n) is 13.5. The van der Waals surface area contributed by atoms with Crippen LogP contribution in [0.4, 0.5) is 17.3 Å².